The molecule has 4 rings (SSSR count). The number of nitrogens with zero attached hydrogens (tertiary/aromatic N) is 2. The summed E-state index contributed by atoms with van der Waals surface area (Å²) in [5, 5.41) is 3.19. The van der Waals surface area contributed by atoms with Gasteiger partial charge in [-0.05, 0) is 67.3 Å². The molecule has 1 heterocycles. The van der Waals surface area contributed by atoms with Crippen molar-refractivity contribution in [2.24, 2.45) is 0 Å². The Hall–Kier alpha value is -3.51. The van der Waals surface area contributed by atoms with Gasteiger partial charge in [0.15, 0.2) is 11.5 Å². The Morgan fingerprint density at radius 3 is 2.33 bits per heavy atom. The maximum atomic E-state index is 13.2. The minimum Gasteiger partial charge on any atom is -0.490 e. The Bertz CT molecular complexity index is 1160. The number of carbonyl (C=O) groups excluding carboxylic acids is 1. The highest BCUT2D eigenvalue weighted by Gasteiger charge is 2.25. The first-order chi connectivity index (χ1) is 17.5. The van der Waals surface area contributed by atoms with Gasteiger partial charge < -0.3 is 19.7 Å². The number of fused-ring (bicyclic) bond motifs is 1. The molecule has 1 N–H and O–H groups in total. The van der Waals surface area contributed by atoms with Gasteiger partial charge in [0.2, 0.25) is 0 Å². The number of rotatable bonds is 10. The summed E-state index contributed by atoms with van der Waals surface area (Å²) in [5.74, 6) is 1.13. The van der Waals surface area contributed by atoms with E-state index in [-0.39, 0.29) is 11.9 Å². The lowest BCUT2D eigenvalue weighted by Gasteiger charge is -2.36. The van der Waals surface area contributed by atoms with Crippen molar-refractivity contribution in [2.75, 3.05) is 45.3 Å². The second-order valence-corrected chi connectivity index (χ2v) is 9.23. The van der Waals surface area contributed by atoms with Crippen LogP contribution in [-0.2, 0) is 13.0 Å². The molecule has 0 saturated carbocycles. The Balaban J connectivity index is 1.54. The third-order valence-electron chi connectivity index (χ3n) is 6.66. The average Bonchev–Trinajstić information content (AvgIpc) is 2.90. The lowest BCUT2D eigenvalue weighted by Crippen LogP contribution is -2.40. The van der Waals surface area contributed by atoms with Crippen LogP contribution in [0.2, 0.25) is 0 Å². The van der Waals surface area contributed by atoms with E-state index in [1.807, 2.05) is 34.0 Å². The highest BCUT2D eigenvalue weighted by Crippen LogP contribution is 2.30. The molecule has 36 heavy (non-hydrogen) atoms. The van der Waals surface area contributed by atoms with Crippen molar-refractivity contribution in [3.05, 3.63) is 89.0 Å². The first-order valence-corrected chi connectivity index (χ1v) is 12.8. The van der Waals surface area contributed by atoms with Crippen molar-refractivity contribution in [3.63, 3.8) is 0 Å². The highest BCUT2D eigenvalue weighted by molar-refractivity contribution is 5.94. The molecule has 6 heteroatoms. The zero-order valence-corrected chi connectivity index (χ0v) is 21.8. The van der Waals surface area contributed by atoms with Crippen LogP contribution in [0.15, 0.2) is 66.7 Å². The molecule has 0 spiro atoms. The van der Waals surface area contributed by atoms with Crippen LogP contribution in [0.5, 0.6) is 11.5 Å². The van der Waals surface area contributed by atoms with Crippen LogP contribution in [0.25, 0.3) is 0 Å². The number of carbonyl (C=O) groups is 1. The number of benzene rings is 3. The third-order valence-corrected chi connectivity index (χ3v) is 6.66. The standard InChI is InChI=1S/C30H37N3O3/c1-5-35-28-16-13-24(19-29(28)36-6-2)30(34)31-20-27(23-11-14-26(15-12-23)32(3)4)33-18-17-22-9-7-8-10-25(22)21-33/h7-16,19,27H,5-6,17-18,20-21H2,1-4H3,(H,31,34)/t27-/m0/s1. The Morgan fingerprint density at radius 2 is 1.64 bits per heavy atom. The van der Waals surface area contributed by atoms with Gasteiger partial charge in [-0.1, -0.05) is 36.4 Å². The van der Waals surface area contributed by atoms with Crippen LogP contribution in [0.3, 0.4) is 0 Å². The maximum absolute atomic E-state index is 13.2. The average molecular weight is 488 g/mol. The first kappa shape index (κ1) is 25.6. The number of hydrogen-bond donors (Lipinski definition) is 1. The zero-order chi connectivity index (χ0) is 25.5. The molecule has 0 radical (unpaired) electrons. The minimum absolute atomic E-state index is 0.0626. The van der Waals surface area contributed by atoms with Crippen molar-refractivity contribution < 1.29 is 14.3 Å². The lowest BCUT2D eigenvalue weighted by atomic mass is 9.96. The third kappa shape index (κ3) is 6.00. The van der Waals surface area contributed by atoms with E-state index >= 15 is 0 Å². The predicted octanol–water partition coefficient (Wildman–Crippen LogP) is 5.08. The Morgan fingerprint density at radius 1 is 0.944 bits per heavy atom. The fourth-order valence-electron chi connectivity index (χ4n) is 4.72. The predicted molar refractivity (Wildman–Crippen MR) is 145 cm³/mol. The topological polar surface area (TPSA) is 54.0 Å². The number of anilines is 1. The van der Waals surface area contributed by atoms with E-state index in [4.69, 9.17) is 9.47 Å². The quantitative estimate of drug-likeness (QED) is 0.432. The fraction of sp³-hybridized carbons (Fsp3) is 0.367. The van der Waals surface area contributed by atoms with Gasteiger partial charge >= 0.3 is 0 Å². The van der Waals surface area contributed by atoms with Gasteiger partial charge in [-0.25, -0.2) is 0 Å². The summed E-state index contributed by atoms with van der Waals surface area (Å²) < 4.78 is 11.4. The number of nitrogens with one attached hydrogen (secondary N) is 1. The van der Waals surface area contributed by atoms with Crippen molar-refractivity contribution >= 4 is 11.6 Å². The molecule has 1 amide bonds. The molecule has 1 aliphatic rings. The molecule has 0 aromatic heterocycles. The van der Waals surface area contributed by atoms with Gasteiger partial charge in [0.25, 0.3) is 5.91 Å². The Labute approximate surface area is 214 Å². The van der Waals surface area contributed by atoms with E-state index in [0.29, 0.717) is 36.8 Å². The van der Waals surface area contributed by atoms with E-state index < -0.39 is 0 Å². The molecule has 6 nitrogen and oxygen atoms in total. The van der Waals surface area contributed by atoms with Crippen molar-refractivity contribution in [1.29, 1.82) is 0 Å². The zero-order valence-electron chi connectivity index (χ0n) is 21.8. The van der Waals surface area contributed by atoms with Crippen LogP contribution in [-0.4, -0.2) is 51.2 Å². The number of hydrogen-bond acceptors (Lipinski definition) is 5. The Kier molecular flexibility index (Phi) is 8.49. The monoisotopic (exact) mass is 487 g/mol. The molecule has 0 fully saturated rings. The molecule has 1 atom stereocenters. The summed E-state index contributed by atoms with van der Waals surface area (Å²) in [6.07, 6.45) is 1.01. The van der Waals surface area contributed by atoms with Crippen molar-refractivity contribution in [3.8, 4) is 11.5 Å². The van der Waals surface area contributed by atoms with Gasteiger partial charge in [0, 0.05) is 45.0 Å². The first-order valence-electron chi connectivity index (χ1n) is 12.8. The van der Waals surface area contributed by atoms with Crippen LogP contribution in [0.1, 0.15) is 46.9 Å². The van der Waals surface area contributed by atoms with Crippen LogP contribution in [0.4, 0.5) is 5.69 Å². The fourth-order valence-corrected chi connectivity index (χ4v) is 4.72. The van der Waals surface area contributed by atoms with E-state index in [2.05, 4.69) is 63.6 Å². The smallest absolute Gasteiger partial charge is 0.251 e. The molecule has 0 bridgehead atoms. The molecular weight excluding hydrogens is 450 g/mol. The van der Waals surface area contributed by atoms with E-state index in [1.165, 1.54) is 16.7 Å². The van der Waals surface area contributed by atoms with Gasteiger partial charge in [0.1, 0.15) is 0 Å². The van der Waals surface area contributed by atoms with Crippen LogP contribution >= 0.6 is 0 Å². The summed E-state index contributed by atoms with van der Waals surface area (Å²) in [6, 6.07) is 22.7. The number of amides is 1. The second-order valence-electron chi connectivity index (χ2n) is 9.23. The molecule has 0 aliphatic carbocycles. The summed E-state index contributed by atoms with van der Waals surface area (Å²) in [4.78, 5) is 17.8. The second kappa shape index (κ2) is 12.0. The van der Waals surface area contributed by atoms with Gasteiger partial charge in [-0.3, -0.25) is 9.69 Å². The lowest BCUT2D eigenvalue weighted by molar-refractivity contribution is 0.0927. The molecular formula is C30H37N3O3. The van der Waals surface area contributed by atoms with Gasteiger partial charge in [-0.2, -0.15) is 0 Å². The minimum atomic E-state index is -0.119. The van der Waals surface area contributed by atoms with Gasteiger partial charge in [-0.15, -0.1) is 0 Å². The van der Waals surface area contributed by atoms with Crippen LogP contribution in [0, 0.1) is 0 Å². The summed E-state index contributed by atoms with van der Waals surface area (Å²) in [7, 11) is 4.09. The molecule has 190 valence electrons. The molecule has 3 aromatic carbocycles. The van der Waals surface area contributed by atoms with Gasteiger partial charge in [0.05, 0.1) is 19.3 Å². The molecule has 3 aromatic rings. The van der Waals surface area contributed by atoms with Crippen molar-refractivity contribution in [2.45, 2.75) is 32.9 Å². The van der Waals surface area contributed by atoms with E-state index in [9.17, 15) is 4.79 Å². The molecule has 1 aliphatic heterocycles. The summed E-state index contributed by atoms with van der Waals surface area (Å²) in [6.45, 7) is 7.23. The van der Waals surface area contributed by atoms with E-state index in [1.54, 1.807) is 12.1 Å². The SMILES string of the molecule is CCOc1ccc(C(=O)NC[C@@H](c2ccc(N(C)C)cc2)N2CCc3ccccc3C2)cc1OCC. The largest absolute Gasteiger partial charge is 0.490 e. The van der Waals surface area contributed by atoms with Crippen molar-refractivity contribution in [1.82, 2.24) is 10.2 Å². The normalized spacial score (nSPS) is 14.0. The highest BCUT2D eigenvalue weighted by atomic mass is 16.5. The van der Waals surface area contributed by atoms with E-state index in [0.717, 1.165) is 25.2 Å². The molecule has 0 unspecified atom stereocenters. The maximum Gasteiger partial charge on any atom is 0.251 e. The summed E-state index contributed by atoms with van der Waals surface area (Å²) in [5.41, 5.74) is 5.69. The summed E-state index contributed by atoms with van der Waals surface area (Å²) >= 11 is 0. The van der Waals surface area contributed by atoms with Crippen LogP contribution < -0.4 is 19.7 Å². The molecule has 0 saturated heterocycles. The number of ether oxygens (including phenoxy) is 2.